The molecule has 0 aliphatic carbocycles. The van der Waals surface area contributed by atoms with Gasteiger partial charge in [0.2, 0.25) is 0 Å². The second-order valence-corrected chi connectivity index (χ2v) is 11.5. The van der Waals surface area contributed by atoms with E-state index in [9.17, 15) is 19.1 Å². The number of anilines is 1. The number of Topliss-reactive ketones (excluding diaryl/α,β-unsaturated/α-hetero) is 1. The van der Waals surface area contributed by atoms with Gasteiger partial charge in [0.1, 0.15) is 18.4 Å². The molecule has 40 heavy (non-hydrogen) atoms. The van der Waals surface area contributed by atoms with Crippen LogP contribution >= 0.6 is 0 Å². The summed E-state index contributed by atoms with van der Waals surface area (Å²) in [5, 5.41) is 10.4. The van der Waals surface area contributed by atoms with Crippen LogP contribution in [0.3, 0.4) is 0 Å². The lowest BCUT2D eigenvalue weighted by molar-refractivity contribution is -0.150. The summed E-state index contributed by atoms with van der Waals surface area (Å²) in [5.74, 6) is -0.404. The van der Waals surface area contributed by atoms with Crippen LogP contribution in [0.4, 0.5) is 10.1 Å². The van der Waals surface area contributed by atoms with E-state index in [0.29, 0.717) is 41.1 Å². The number of nitrogens with zero attached hydrogens (tertiary/aromatic N) is 5. The molecule has 0 radical (unpaired) electrons. The van der Waals surface area contributed by atoms with Crippen molar-refractivity contribution >= 4 is 28.5 Å². The number of ketones is 1. The first kappa shape index (κ1) is 28.2. The summed E-state index contributed by atoms with van der Waals surface area (Å²) < 4.78 is 21.8. The largest absolute Gasteiger partial charge is 0.371 e. The van der Waals surface area contributed by atoms with Gasteiger partial charge in [0.05, 0.1) is 22.8 Å². The molecule has 4 heterocycles. The van der Waals surface area contributed by atoms with E-state index in [1.54, 1.807) is 16.7 Å². The molecular formula is C30H38FN5O4. The number of carbonyl (C=O) groups is 2. The highest BCUT2D eigenvalue weighted by atomic mass is 19.1. The minimum absolute atomic E-state index is 0.0766. The van der Waals surface area contributed by atoms with Crippen molar-refractivity contribution in [3.8, 4) is 0 Å². The van der Waals surface area contributed by atoms with Gasteiger partial charge in [-0.1, -0.05) is 13.8 Å². The number of rotatable bonds is 8. The predicted octanol–water partition coefficient (Wildman–Crippen LogP) is 4.86. The molecule has 3 aromatic rings. The fourth-order valence-electron chi connectivity index (χ4n) is 5.85. The molecule has 2 saturated heterocycles. The van der Waals surface area contributed by atoms with Gasteiger partial charge < -0.3 is 24.2 Å². The summed E-state index contributed by atoms with van der Waals surface area (Å²) in [7, 11) is 0. The maximum absolute atomic E-state index is 14.5. The van der Waals surface area contributed by atoms with Gasteiger partial charge in [-0.05, 0) is 64.2 Å². The molecule has 1 amide bonds. The third-order valence-electron chi connectivity index (χ3n) is 8.21. The highest BCUT2D eigenvalue weighted by Crippen LogP contribution is 2.40. The van der Waals surface area contributed by atoms with E-state index in [1.165, 1.54) is 13.0 Å². The highest BCUT2D eigenvalue weighted by Gasteiger charge is 2.44. The molecule has 2 aromatic heterocycles. The van der Waals surface area contributed by atoms with Crippen molar-refractivity contribution in [1.82, 2.24) is 19.4 Å². The maximum Gasteiger partial charge on any atom is 0.256 e. The first-order valence-corrected chi connectivity index (χ1v) is 14.1. The Labute approximate surface area is 234 Å². The van der Waals surface area contributed by atoms with Crippen molar-refractivity contribution in [1.29, 1.82) is 0 Å². The zero-order chi connectivity index (χ0) is 28.6. The summed E-state index contributed by atoms with van der Waals surface area (Å²) in [6, 6.07) is 6.75. The maximum atomic E-state index is 14.5. The van der Waals surface area contributed by atoms with Crippen LogP contribution in [0.1, 0.15) is 86.3 Å². The van der Waals surface area contributed by atoms with Crippen LogP contribution in [-0.2, 0) is 17.0 Å². The van der Waals surface area contributed by atoms with E-state index in [1.807, 2.05) is 31.7 Å². The molecule has 214 valence electrons. The van der Waals surface area contributed by atoms with Gasteiger partial charge in [-0.25, -0.2) is 14.4 Å². The lowest BCUT2D eigenvalue weighted by Gasteiger charge is -2.45. The number of aromatic nitrogens is 3. The molecule has 1 aromatic carbocycles. The third kappa shape index (κ3) is 5.22. The molecule has 2 fully saturated rings. The fourth-order valence-corrected chi connectivity index (χ4v) is 5.85. The normalized spacial score (nSPS) is 20.5. The van der Waals surface area contributed by atoms with Crippen LogP contribution in [0.15, 0.2) is 30.5 Å². The predicted molar refractivity (Wildman–Crippen MR) is 150 cm³/mol. The lowest BCUT2D eigenvalue weighted by atomic mass is 9.86. The van der Waals surface area contributed by atoms with Crippen LogP contribution in [0, 0.1) is 11.7 Å². The molecule has 0 spiro atoms. The van der Waals surface area contributed by atoms with Crippen molar-refractivity contribution < 1.29 is 23.8 Å². The Morgan fingerprint density at radius 1 is 1.12 bits per heavy atom. The van der Waals surface area contributed by atoms with Gasteiger partial charge >= 0.3 is 0 Å². The highest BCUT2D eigenvalue weighted by molar-refractivity contribution is 6.04. The van der Waals surface area contributed by atoms with Gasteiger partial charge in [0, 0.05) is 42.9 Å². The molecule has 9 nitrogen and oxygen atoms in total. The Hall–Kier alpha value is -3.37. The van der Waals surface area contributed by atoms with Crippen molar-refractivity contribution in [2.75, 3.05) is 24.5 Å². The number of ether oxygens (including phenoxy) is 1. The number of aliphatic hydroxyl groups is 1. The number of carbonyl (C=O) groups excluding carboxylic acids is 2. The summed E-state index contributed by atoms with van der Waals surface area (Å²) in [5.41, 5.74) is 1.74. The minimum atomic E-state index is -1.03. The standard InChI is InChI=1S/C30H38FN5O4/c1-19(2)28(39)40-18-35-25-16-22(31)17-32-26(25)33-29(35)30(4)11-5-6-14-36(30)27(38)23-15-21(20(3)37)9-10-24(23)34-12-7-8-13-34/h9-10,15-17,19,28,39H,5-8,11-14,18H2,1-4H3/t28?,30-/m0/s1. The van der Waals surface area contributed by atoms with Gasteiger partial charge in [-0.15, -0.1) is 0 Å². The fraction of sp³-hybridized carbons (Fsp3) is 0.533. The average Bonchev–Trinajstić information content (AvgIpc) is 3.60. The Kier molecular flexibility index (Phi) is 7.92. The first-order chi connectivity index (χ1) is 19.1. The van der Waals surface area contributed by atoms with Gasteiger partial charge in [0.15, 0.2) is 17.7 Å². The zero-order valence-corrected chi connectivity index (χ0v) is 23.7. The summed E-state index contributed by atoms with van der Waals surface area (Å²) >= 11 is 0. The lowest BCUT2D eigenvalue weighted by Crippen LogP contribution is -2.52. The van der Waals surface area contributed by atoms with Gasteiger partial charge in [-0.2, -0.15) is 0 Å². The number of benzene rings is 1. The Morgan fingerprint density at radius 3 is 2.55 bits per heavy atom. The van der Waals surface area contributed by atoms with E-state index in [0.717, 1.165) is 50.7 Å². The van der Waals surface area contributed by atoms with Gasteiger partial charge in [-0.3, -0.25) is 9.59 Å². The summed E-state index contributed by atoms with van der Waals surface area (Å²) in [6.07, 6.45) is 4.52. The van der Waals surface area contributed by atoms with Gasteiger partial charge in [0.25, 0.3) is 5.91 Å². The Balaban J connectivity index is 1.61. The Morgan fingerprint density at radius 2 is 1.85 bits per heavy atom. The molecule has 0 bridgehead atoms. The van der Waals surface area contributed by atoms with Crippen molar-refractivity contribution in [3.05, 3.63) is 53.2 Å². The van der Waals surface area contributed by atoms with Crippen LogP contribution in [0.2, 0.25) is 0 Å². The number of hydrogen-bond acceptors (Lipinski definition) is 7. The minimum Gasteiger partial charge on any atom is -0.371 e. The zero-order valence-electron chi connectivity index (χ0n) is 23.7. The number of aliphatic hydroxyl groups excluding tert-OH is 1. The number of pyridine rings is 1. The summed E-state index contributed by atoms with van der Waals surface area (Å²) in [6.45, 7) is 9.31. The third-order valence-corrected chi connectivity index (χ3v) is 8.21. The molecule has 5 rings (SSSR count). The van der Waals surface area contributed by atoms with Crippen molar-refractivity contribution in [2.24, 2.45) is 5.92 Å². The van der Waals surface area contributed by atoms with Crippen molar-refractivity contribution in [3.63, 3.8) is 0 Å². The second kappa shape index (κ2) is 11.2. The summed E-state index contributed by atoms with van der Waals surface area (Å²) in [4.78, 5) is 39.8. The van der Waals surface area contributed by atoms with E-state index in [4.69, 9.17) is 9.72 Å². The second-order valence-electron chi connectivity index (χ2n) is 11.5. The SMILES string of the molecule is CC(=O)c1ccc(N2CCCC2)c(C(=O)N2CCCC[C@@]2(C)c2nc3ncc(F)cc3n2COC(O)C(C)C)c1. The first-order valence-electron chi connectivity index (χ1n) is 14.1. The number of amides is 1. The average molecular weight is 552 g/mol. The van der Waals surface area contributed by atoms with Crippen molar-refractivity contribution in [2.45, 2.75) is 78.4 Å². The smallest absolute Gasteiger partial charge is 0.256 e. The molecule has 2 aliphatic rings. The molecule has 1 unspecified atom stereocenters. The number of halogens is 1. The van der Waals surface area contributed by atoms with E-state index in [-0.39, 0.29) is 24.3 Å². The quantitative estimate of drug-likeness (QED) is 0.315. The number of hydrogen-bond donors (Lipinski definition) is 1. The topological polar surface area (TPSA) is 101 Å². The van der Waals surface area contributed by atoms with E-state index >= 15 is 0 Å². The molecule has 1 N–H and O–H groups in total. The molecule has 2 atom stereocenters. The molecular weight excluding hydrogens is 513 g/mol. The monoisotopic (exact) mass is 551 g/mol. The number of fused-ring (bicyclic) bond motifs is 1. The molecule has 2 aliphatic heterocycles. The number of piperidine rings is 1. The number of imidazole rings is 1. The van der Waals surface area contributed by atoms with Crippen LogP contribution in [0.5, 0.6) is 0 Å². The van der Waals surface area contributed by atoms with Crippen LogP contribution < -0.4 is 4.90 Å². The molecule has 10 heteroatoms. The van der Waals surface area contributed by atoms with Crippen LogP contribution in [-0.4, -0.2) is 62.2 Å². The Bertz CT molecular complexity index is 1420. The van der Waals surface area contributed by atoms with Crippen LogP contribution in [0.25, 0.3) is 11.2 Å². The molecule has 0 saturated carbocycles. The van der Waals surface area contributed by atoms with E-state index in [2.05, 4.69) is 9.88 Å². The number of likely N-dealkylation sites (tertiary alicyclic amines) is 1. The van der Waals surface area contributed by atoms with E-state index < -0.39 is 17.6 Å².